The van der Waals surface area contributed by atoms with E-state index < -0.39 is 0 Å². The minimum absolute atomic E-state index is 0.220. The Hall–Kier alpha value is -0.610. The molecule has 1 aliphatic carbocycles. The van der Waals surface area contributed by atoms with Crippen LogP contribution in [0.2, 0.25) is 0 Å². The van der Waals surface area contributed by atoms with E-state index in [0.29, 0.717) is 18.5 Å². The molecule has 0 bridgehead atoms. The summed E-state index contributed by atoms with van der Waals surface area (Å²) in [4.78, 5) is 16.7. The third kappa shape index (κ3) is 3.95. The monoisotopic (exact) mass is 281 g/mol. The van der Waals surface area contributed by atoms with Crippen molar-refractivity contribution in [2.45, 2.75) is 58.0 Å². The van der Waals surface area contributed by atoms with E-state index >= 15 is 0 Å². The normalized spacial score (nSPS) is 35.8. The van der Waals surface area contributed by atoms with Gasteiger partial charge in [-0.3, -0.25) is 9.69 Å². The highest BCUT2D eigenvalue weighted by molar-refractivity contribution is 5.78. The maximum Gasteiger partial charge on any atom is 0.236 e. The lowest BCUT2D eigenvalue weighted by Gasteiger charge is -2.37. The summed E-state index contributed by atoms with van der Waals surface area (Å²) in [7, 11) is 1.98. The number of hydrogen-bond acceptors (Lipinski definition) is 3. The maximum atomic E-state index is 12.4. The zero-order valence-corrected chi connectivity index (χ0v) is 13.3. The zero-order chi connectivity index (χ0) is 14.7. The van der Waals surface area contributed by atoms with Crippen molar-refractivity contribution < 1.29 is 4.79 Å². The zero-order valence-electron chi connectivity index (χ0n) is 13.3. The fraction of sp³-hybridized carbons (Fsp3) is 0.938. The molecule has 2 fully saturated rings. The molecule has 116 valence electrons. The van der Waals surface area contributed by atoms with Crippen molar-refractivity contribution in [3.8, 4) is 0 Å². The molecule has 1 amide bonds. The molecule has 4 nitrogen and oxygen atoms in total. The molecule has 0 aromatic heterocycles. The average Bonchev–Trinajstić information content (AvgIpc) is 2.43. The second kappa shape index (κ2) is 6.90. The van der Waals surface area contributed by atoms with Gasteiger partial charge in [-0.15, -0.1) is 0 Å². The van der Waals surface area contributed by atoms with E-state index in [4.69, 9.17) is 5.73 Å². The Kier molecular flexibility index (Phi) is 5.44. The number of hydrogen-bond donors (Lipinski definition) is 1. The third-order valence-electron chi connectivity index (χ3n) is 5.39. The molecule has 2 unspecified atom stereocenters. The van der Waals surface area contributed by atoms with E-state index in [-0.39, 0.29) is 11.9 Å². The van der Waals surface area contributed by atoms with Crippen molar-refractivity contribution in [1.29, 1.82) is 0 Å². The lowest BCUT2D eigenvalue weighted by molar-refractivity contribution is -0.134. The molecule has 1 heterocycles. The molecule has 1 aliphatic heterocycles. The van der Waals surface area contributed by atoms with Gasteiger partial charge in [0.05, 0.1) is 6.54 Å². The fourth-order valence-corrected chi connectivity index (χ4v) is 3.45. The van der Waals surface area contributed by atoms with Crippen LogP contribution in [0, 0.1) is 11.8 Å². The predicted molar refractivity (Wildman–Crippen MR) is 82.4 cm³/mol. The Balaban J connectivity index is 1.79. The summed E-state index contributed by atoms with van der Waals surface area (Å²) in [6, 6.07) is 0.675. The van der Waals surface area contributed by atoms with Crippen molar-refractivity contribution >= 4 is 5.91 Å². The van der Waals surface area contributed by atoms with Crippen molar-refractivity contribution in [1.82, 2.24) is 9.80 Å². The predicted octanol–water partition coefficient (Wildman–Crippen LogP) is 1.69. The van der Waals surface area contributed by atoms with Crippen LogP contribution >= 0.6 is 0 Å². The van der Waals surface area contributed by atoms with Gasteiger partial charge in [0.15, 0.2) is 0 Å². The Labute approximate surface area is 123 Å². The molecule has 20 heavy (non-hydrogen) atoms. The summed E-state index contributed by atoms with van der Waals surface area (Å²) >= 11 is 0. The Morgan fingerprint density at radius 2 is 1.85 bits per heavy atom. The number of nitrogens with two attached hydrogens (primary N) is 1. The molecule has 2 aliphatic rings. The quantitative estimate of drug-likeness (QED) is 0.856. The van der Waals surface area contributed by atoms with Crippen molar-refractivity contribution in [3.63, 3.8) is 0 Å². The Bertz CT molecular complexity index is 326. The Morgan fingerprint density at radius 3 is 2.45 bits per heavy atom. The van der Waals surface area contributed by atoms with Gasteiger partial charge in [0.1, 0.15) is 0 Å². The third-order valence-corrected chi connectivity index (χ3v) is 5.39. The topological polar surface area (TPSA) is 49.6 Å². The largest absolute Gasteiger partial charge is 0.342 e. The number of nitrogens with zero attached hydrogens (tertiary/aromatic N) is 2. The number of carbonyl (C=O) groups excluding carboxylic acids is 1. The van der Waals surface area contributed by atoms with E-state index in [1.165, 1.54) is 25.7 Å². The number of rotatable bonds is 3. The number of piperidine rings is 1. The van der Waals surface area contributed by atoms with E-state index in [1.54, 1.807) is 0 Å². The molecule has 2 rings (SSSR count). The lowest BCUT2D eigenvalue weighted by atomic mass is 9.87. The van der Waals surface area contributed by atoms with E-state index in [9.17, 15) is 4.79 Å². The molecule has 2 atom stereocenters. The molecule has 2 N–H and O–H groups in total. The summed E-state index contributed by atoms with van der Waals surface area (Å²) in [6.45, 7) is 6.94. The van der Waals surface area contributed by atoms with Crippen LogP contribution in [-0.4, -0.2) is 54.5 Å². The summed E-state index contributed by atoms with van der Waals surface area (Å²) in [5.74, 6) is 1.68. The molecule has 1 saturated heterocycles. The van der Waals surface area contributed by atoms with Gasteiger partial charge in [-0.2, -0.15) is 0 Å². The molecular weight excluding hydrogens is 250 g/mol. The van der Waals surface area contributed by atoms with Crippen LogP contribution in [-0.2, 0) is 4.79 Å². The molecule has 0 aromatic rings. The first kappa shape index (κ1) is 15.8. The minimum atomic E-state index is 0.220. The highest BCUT2D eigenvalue weighted by Crippen LogP contribution is 2.26. The standard InChI is InChI=1S/C16H31N3O/c1-12-4-6-14(7-5-12)18(3)16(20)11-19-9-8-13(2)15(17)10-19/h12-15H,4-11,17H2,1-3H3. The van der Waals surface area contributed by atoms with Crippen LogP contribution < -0.4 is 5.73 Å². The van der Waals surface area contributed by atoms with E-state index in [1.807, 2.05) is 11.9 Å². The van der Waals surface area contributed by atoms with Gasteiger partial charge in [-0.25, -0.2) is 0 Å². The highest BCUT2D eigenvalue weighted by atomic mass is 16.2. The molecule has 4 heteroatoms. The lowest BCUT2D eigenvalue weighted by Crippen LogP contribution is -2.51. The van der Waals surface area contributed by atoms with Crippen LogP contribution in [0.4, 0.5) is 0 Å². The first-order chi connectivity index (χ1) is 9.47. The first-order valence-corrected chi connectivity index (χ1v) is 8.21. The first-order valence-electron chi connectivity index (χ1n) is 8.21. The molecule has 0 aromatic carbocycles. The van der Waals surface area contributed by atoms with Crippen LogP contribution in [0.25, 0.3) is 0 Å². The minimum Gasteiger partial charge on any atom is -0.342 e. The number of likely N-dealkylation sites (tertiary alicyclic amines) is 1. The molecular formula is C16H31N3O. The summed E-state index contributed by atoms with van der Waals surface area (Å²) in [6.07, 6.45) is 5.96. The fourth-order valence-electron chi connectivity index (χ4n) is 3.45. The van der Waals surface area contributed by atoms with Gasteiger partial charge in [-0.1, -0.05) is 13.8 Å². The SMILES string of the molecule is CC1CCC(N(C)C(=O)CN2CCC(C)C(N)C2)CC1. The van der Waals surface area contributed by atoms with Crippen molar-refractivity contribution in [3.05, 3.63) is 0 Å². The molecule has 1 saturated carbocycles. The van der Waals surface area contributed by atoms with Gasteiger partial charge in [0.2, 0.25) is 5.91 Å². The summed E-state index contributed by atoms with van der Waals surface area (Å²) in [5, 5.41) is 0. The van der Waals surface area contributed by atoms with Crippen LogP contribution in [0.5, 0.6) is 0 Å². The van der Waals surface area contributed by atoms with Gasteiger partial charge in [0.25, 0.3) is 0 Å². The van der Waals surface area contributed by atoms with Crippen LogP contribution in [0.15, 0.2) is 0 Å². The van der Waals surface area contributed by atoms with Gasteiger partial charge >= 0.3 is 0 Å². The number of carbonyl (C=O) groups is 1. The molecule has 0 radical (unpaired) electrons. The van der Waals surface area contributed by atoms with Gasteiger partial charge in [-0.05, 0) is 50.5 Å². The smallest absolute Gasteiger partial charge is 0.236 e. The second-order valence-electron chi connectivity index (χ2n) is 7.08. The van der Waals surface area contributed by atoms with Crippen molar-refractivity contribution in [2.24, 2.45) is 17.6 Å². The van der Waals surface area contributed by atoms with E-state index in [2.05, 4.69) is 18.7 Å². The van der Waals surface area contributed by atoms with Crippen LogP contribution in [0.3, 0.4) is 0 Å². The van der Waals surface area contributed by atoms with E-state index in [0.717, 1.165) is 25.4 Å². The second-order valence-corrected chi connectivity index (χ2v) is 7.08. The van der Waals surface area contributed by atoms with Crippen molar-refractivity contribution in [2.75, 3.05) is 26.7 Å². The maximum absolute atomic E-state index is 12.4. The number of amides is 1. The summed E-state index contributed by atoms with van der Waals surface area (Å²) < 4.78 is 0. The number of likely N-dealkylation sites (N-methyl/N-ethyl adjacent to an activating group) is 1. The molecule has 0 spiro atoms. The van der Waals surface area contributed by atoms with Gasteiger partial charge < -0.3 is 10.6 Å². The highest BCUT2D eigenvalue weighted by Gasteiger charge is 2.28. The van der Waals surface area contributed by atoms with Gasteiger partial charge in [0, 0.05) is 25.7 Å². The average molecular weight is 281 g/mol. The Morgan fingerprint density at radius 1 is 1.20 bits per heavy atom. The van der Waals surface area contributed by atoms with Crippen LogP contribution in [0.1, 0.15) is 46.0 Å². The summed E-state index contributed by atoms with van der Waals surface area (Å²) in [5.41, 5.74) is 6.11.